The first-order valence-corrected chi connectivity index (χ1v) is 5.92. The highest BCUT2D eigenvalue weighted by molar-refractivity contribution is 6.32. The molecule has 0 spiro atoms. The third-order valence-electron chi connectivity index (χ3n) is 2.65. The second kappa shape index (κ2) is 5.46. The Balaban J connectivity index is 2.01. The van der Waals surface area contributed by atoms with Crippen LogP contribution in [0.1, 0.15) is 12.0 Å². The molecule has 0 bridgehead atoms. The Hall–Kier alpha value is -1.46. The lowest BCUT2D eigenvalue weighted by molar-refractivity contribution is -0.137. The lowest BCUT2D eigenvalue weighted by Gasteiger charge is -2.16. The van der Waals surface area contributed by atoms with Gasteiger partial charge in [0.05, 0.1) is 11.4 Å². The monoisotopic (exact) mass is 271 g/mol. The number of nitrogens with zero attached hydrogens (tertiary/aromatic N) is 1. The van der Waals surface area contributed by atoms with E-state index < -0.39 is 5.97 Å². The van der Waals surface area contributed by atoms with Crippen LogP contribution in [-0.4, -0.2) is 36.4 Å². The standard InChI is InChI=1S/C12H14ClNO4/c1-14(3-2-11(15)16)6-8-4-9(13)12-10(5-8)17-7-18-12/h4-5H,2-3,6-7H2,1H3,(H,15,16). The van der Waals surface area contributed by atoms with Crippen LogP contribution in [0.25, 0.3) is 0 Å². The molecule has 6 heteroatoms. The van der Waals surface area contributed by atoms with Crippen LogP contribution in [0.4, 0.5) is 0 Å². The maximum Gasteiger partial charge on any atom is 0.304 e. The van der Waals surface area contributed by atoms with Crippen LogP contribution in [0.15, 0.2) is 12.1 Å². The summed E-state index contributed by atoms with van der Waals surface area (Å²) < 4.78 is 10.5. The molecule has 1 heterocycles. The van der Waals surface area contributed by atoms with Crippen molar-refractivity contribution in [3.8, 4) is 11.5 Å². The molecule has 0 radical (unpaired) electrons. The zero-order valence-corrected chi connectivity index (χ0v) is 10.7. The molecule has 1 aromatic carbocycles. The molecule has 0 saturated heterocycles. The van der Waals surface area contributed by atoms with Gasteiger partial charge in [-0.3, -0.25) is 4.79 Å². The third-order valence-corrected chi connectivity index (χ3v) is 2.93. The fraction of sp³-hybridized carbons (Fsp3) is 0.417. The van der Waals surface area contributed by atoms with Crippen molar-refractivity contribution in [1.29, 1.82) is 0 Å². The molecule has 0 saturated carbocycles. The van der Waals surface area contributed by atoms with Gasteiger partial charge >= 0.3 is 5.97 Å². The fourth-order valence-corrected chi connectivity index (χ4v) is 2.08. The van der Waals surface area contributed by atoms with Crippen LogP contribution in [0, 0.1) is 0 Å². The van der Waals surface area contributed by atoms with E-state index in [9.17, 15) is 4.79 Å². The van der Waals surface area contributed by atoms with Gasteiger partial charge in [0, 0.05) is 13.1 Å². The molecule has 5 nitrogen and oxygen atoms in total. The van der Waals surface area contributed by atoms with Crippen molar-refractivity contribution in [1.82, 2.24) is 4.90 Å². The van der Waals surface area contributed by atoms with Crippen LogP contribution in [0.2, 0.25) is 5.02 Å². The summed E-state index contributed by atoms with van der Waals surface area (Å²) in [7, 11) is 1.86. The summed E-state index contributed by atoms with van der Waals surface area (Å²) in [6, 6.07) is 3.68. The van der Waals surface area contributed by atoms with Crippen molar-refractivity contribution in [3.63, 3.8) is 0 Å². The molecule has 1 aromatic rings. The summed E-state index contributed by atoms with van der Waals surface area (Å²) in [5.74, 6) is 0.420. The topological polar surface area (TPSA) is 59.0 Å². The zero-order chi connectivity index (χ0) is 13.1. The normalized spacial score (nSPS) is 13.1. The fourth-order valence-electron chi connectivity index (χ4n) is 1.79. The second-order valence-electron chi connectivity index (χ2n) is 4.19. The Bertz CT molecular complexity index is 464. The predicted molar refractivity (Wildman–Crippen MR) is 66.2 cm³/mol. The average Bonchev–Trinajstić information content (AvgIpc) is 2.75. The first kappa shape index (κ1) is 13.0. The molecule has 1 aliphatic heterocycles. The number of ether oxygens (including phenoxy) is 2. The van der Waals surface area contributed by atoms with E-state index in [0.29, 0.717) is 29.6 Å². The van der Waals surface area contributed by atoms with E-state index in [0.717, 1.165) is 5.56 Å². The Morgan fingerprint density at radius 1 is 1.50 bits per heavy atom. The Morgan fingerprint density at radius 2 is 2.28 bits per heavy atom. The molecule has 2 rings (SSSR count). The number of benzene rings is 1. The number of carboxylic acids is 1. The lowest BCUT2D eigenvalue weighted by atomic mass is 10.2. The van der Waals surface area contributed by atoms with Gasteiger partial charge in [-0.1, -0.05) is 11.6 Å². The lowest BCUT2D eigenvalue weighted by Crippen LogP contribution is -2.21. The summed E-state index contributed by atoms with van der Waals surface area (Å²) in [6.45, 7) is 1.29. The number of carboxylic acid groups (broad SMARTS) is 1. The maximum absolute atomic E-state index is 10.5. The molecule has 0 aromatic heterocycles. The number of halogens is 1. The van der Waals surface area contributed by atoms with Crippen LogP contribution >= 0.6 is 11.6 Å². The molecule has 0 unspecified atom stereocenters. The van der Waals surface area contributed by atoms with Crippen molar-refractivity contribution in [3.05, 3.63) is 22.7 Å². The molecule has 0 atom stereocenters. The number of hydrogen-bond donors (Lipinski definition) is 1. The summed E-state index contributed by atoms with van der Waals surface area (Å²) >= 11 is 6.07. The number of aliphatic carboxylic acids is 1. The number of hydrogen-bond acceptors (Lipinski definition) is 4. The van der Waals surface area contributed by atoms with Crippen LogP contribution in [0.3, 0.4) is 0 Å². The van der Waals surface area contributed by atoms with Crippen molar-refractivity contribution < 1.29 is 19.4 Å². The molecule has 1 N–H and O–H groups in total. The molecule has 0 aliphatic carbocycles. The van der Waals surface area contributed by atoms with Gasteiger partial charge in [0.15, 0.2) is 11.5 Å². The highest BCUT2D eigenvalue weighted by Crippen LogP contribution is 2.39. The number of rotatable bonds is 5. The van der Waals surface area contributed by atoms with Gasteiger partial charge in [-0.05, 0) is 24.7 Å². The van der Waals surface area contributed by atoms with Gasteiger partial charge in [0.1, 0.15) is 0 Å². The van der Waals surface area contributed by atoms with Gasteiger partial charge in [0.25, 0.3) is 0 Å². The van der Waals surface area contributed by atoms with Crippen molar-refractivity contribution in [2.45, 2.75) is 13.0 Å². The van der Waals surface area contributed by atoms with Crippen molar-refractivity contribution in [2.75, 3.05) is 20.4 Å². The summed E-state index contributed by atoms with van der Waals surface area (Å²) in [4.78, 5) is 12.4. The smallest absolute Gasteiger partial charge is 0.304 e. The van der Waals surface area contributed by atoms with E-state index in [4.69, 9.17) is 26.2 Å². The van der Waals surface area contributed by atoms with Crippen LogP contribution < -0.4 is 9.47 Å². The number of fused-ring (bicyclic) bond motifs is 1. The Kier molecular flexibility index (Phi) is 3.93. The van der Waals surface area contributed by atoms with E-state index in [2.05, 4.69) is 0 Å². The Labute approximate surface area is 110 Å². The molecule has 98 valence electrons. The molecule has 1 aliphatic rings. The predicted octanol–water partition coefficient (Wildman–Crippen LogP) is 1.98. The minimum absolute atomic E-state index is 0.120. The molecular weight excluding hydrogens is 258 g/mol. The first-order valence-electron chi connectivity index (χ1n) is 5.54. The minimum Gasteiger partial charge on any atom is -0.481 e. The zero-order valence-electron chi connectivity index (χ0n) is 9.98. The van der Waals surface area contributed by atoms with E-state index in [-0.39, 0.29) is 13.2 Å². The number of carbonyl (C=O) groups is 1. The Morgan fingerprint density at radius 3 is 3.00 bits per heavy atom. The van der Waals surface area contributed by atoms with E-state index in [1.165, 1.54) is 0 Å². The highest BCUT2D eigenvalue weighted by atomic mass is 35.5. The quantitative estimate of drug-likeness (QED) is 0.887. The maximum atomic E-state index is 10.5. The summed E-state index contributed by atoms with van der Waals surface area (Å²) in [6.07, 6.45) is 0.120. The van der Waals surface area contributed by atoms with Gasteiger partial charge in [0.2, 0.25) is 6.79 Å². The summed E-state index contributed by atoms with van der Waals surface area (Å²) in [5.41, 5.74) is 0.970. The molecular formula is C12H14ClNO4. The van der Waals surface area contributed by atoms with Crippen molar-refractivity contribution in [2.24, 2.45) is 0 Å². The molecule has 18 heavy (non-hydrogen) atoms. The third kappa shape index (κ3) is 3.05. The summed E-state index contributed by atoms with van der Waals surface area (Å²) in [5, 5.41) is 9.14. The van der Waals surface area contributed by atoms with Crippen LogP contribution in [0.5, 0.6) is 11.5 Å². The van der Waals surface area contributed by atoms with Crippen molar-refractivity contribution >= 4 is 17.6 Å². The van der Waals surface area contributed by atoms with Gasteiger partial charge < -0.3 is 19.5 Å². The van der Waals surface area contributed by atoms with E-state index in [1.54, 1.807) is 0 Å². The van der Waals surface area contributed by atoms with E-state index in [1.807, 2.05) is 24.1 Å². The van der Waals surface area contributed by atoms with Gasteiger partial charge in [-0.2, -0.15) is 0 Å². The highest BCUT2D eigenvalue weighted by Gasteiger charge is 2.18. The minimum atomic E-state index is -0.800. The van der Waals surface area contributed by atoms with Crippen LogP contribution in [-0.2, 0) is 11.3 Å². The molecule has 0 fully saturated rings. The second-order valence-corrected chi connectivity index (χ2v) is 4.60. The average molecular weight is 272 g/mol. The SMILES string of the molecule is CN(CCC(=O)O)Cc1cc(Cl)c2c(c1)OCO2. The van der Waals surface area contributed by atoms with Gasteiger partial charge in [-0.15, -0.1) is 0 Å². The molecule has 0 amide bonds. The largest absolute Gasteiger partial charge is 0.481 e. The van der Waals surface area contributed by atoms with E-state index >= 15 is 0 Å². The van der Waals surface area contributed by atoms with Gasteiger partial charge in [-0.25, -0.2) is 0 Å². The first-order chi connectivity index (χ1) is 8.56.